The van der Waals surface area contributed by atoms with Crippen LogP contribution in [0.4, 0.5) is 10.1 Å². The summed E-state index contributed by atoms with van der Waals surface area (Å²) in [6, 6.07) is 12.2. The second kappa shape index (κ2) is 8.86. The molecule has 2 heterocycles. The number of carbonyl (C=O) groups is 1. The van der Waals surface area contributed by atoms with Gasteiger partial charge in [-0.1, -0.05) is 6.07 Å². The maximum atomic E-state index is 14.0. The first-order chi connectivity index (χ1) is 14.3. The molecule has 0 atom stereocenters. The number of benzene rings is 1. The summed E-state index contributed by atoms with van der Waals surface area (Å²) >= 11 is 0. The van der Waals surface area contributed by atoms with Crippen molar-refractivity contribution in [2.45, 2.75) is 27.7 Å². The molecule has 0 aliphatic rings. The molecule has 0 saturated carbocycles. The Kier molecular flexibility index (Phi) is 6.26. The Bertz CT molecular complexity index is 1110. The highest BCUT2D eigenvalue weighted by atomic mass is 19.1. The van der Waals surface area contributed by atoms with Crippen molar-refractivity contribution < 1.29 is 9.18 Å². The first-order valence-electron chi connectivity index (χ1n) is 9.76. The van der Waals surface area contributed by atoms with Crippen LogP contribution in [-0.4, -0.2) is 22.4 Å². The van der Waals surface area contributed by atoms with Crippen LogP contribution in [0.2, 0.25) is 0 Å². The number of nitrogens with two attached hydrogens (primary N) is 1. The highest BCUT2D eigenvalue weighted by Crippen LogP contribution is 2.26. The van der Waals surface area contributed by atoms with Crippen LogP contribution in [-0.2, 0) is 4.79 Å². The number of aryl methyl sites for hydroxylation is 1. The molecule has 0 aliphatic heterocycles. The van der Waals surface area contributed by atoms with Crippen molar-refractivity contribution in [1.29, 1.82) is 0 Å². The molecule has 0 unspecified atom stereocenters. The van der Waals surface area contributed by atoms with Gasteiger partial charge in [-0.05, 0) is 64.1 Å². The number of nitrogens with zero attached hydrogens (tertiary/aromatic N) is 3. The van der Waals surface area contributed by atoms with Crippen molar-refractivity contribution in [3.63, 3.8) is 0 Å². The number of aromatic nitrogens is 2. The zero-order valence-corrected chi connectivity index (χ0v) is 17.6. The number of anilines is 1. The van der Waals surface area contributed by atoms with Gasteiger partial charge in [0.05, 0.1) is 5.69 Å². The number of halogens is 1. The van der Waals surface area contributed by atoms with E-state index in [1.165, 1.54) is 11.0 Å². The Morgan fingerprint density at radius 2 is 1.90 bits per heavy atom. The van der Waals surface area contributed by atoms with Gasteiger partial charge in [-0.2, -0.15) is 0 Å². The van der Waals surface area contributed by atoms with E-state index >= 15 is 0 Å². The Morgan fingerprint density at radius 3 is 2.53 bits per heavy atom. The van der Waals surface area contributed by atoms with Gasteiger partial charge in [-0.15, -0.1) is 0 Å². The topological polar surface area (TPSA) is 72.1 Å². The largest absolute Gasteiger partial charge is 0.398 e. The SMILES string of the molecule is CCN(C(=O)/C(C)=C(\N)c1ccc(-c2cccnc2)nc1C)c1cccc(F)c1C. The number of amides is 1. The summed E-state index contributed by atoms with van der Waals surface area (Å²) in [5, 5.41) is 0. The number of pyridine rings is 2. The quantitative estimate of drug-likeness (QED) is 0.629. The minimum Gasteiger partial charge on any atom is -0.398 e. The number of likely N-dealkylation sites (N-methyl/N-ethyl adjacent to an activating group) is 1. The molecule has 0 saturated heterocycles. The number of rotatable bonds is 5. The lowest BCUT2D eigenvalue weighted by Gasteiger charge is -2.24. The predicted molar refractivity (Wildman–Crippen MR) is 118 cm³/mol. The molecule has 3 aromatic rings. The van der Waals surface area contributed by atoms with Gasteiger partial charge < -0.3 is 10.6 Å². The fourth-order valence-electron chi connectivity index (χ4n) is 3.35. The van der Waals surface area contributed by atoms with E-state index in [0.717, 1.165) is 11.3 Å². The smallest absolute Gasteiger partial charge is 0.256 e. The average Bonchev–Trinajstić information content (AvgIpc) is 2.76. The zero-order valence-electron chi connectivity index (χ0n) is 17.6. The summed E-state index contributed by atoms with van der Waals surface area (Å²) in [4.78, 5) is 23.5. The molecule has 0 fully saturated rings. The van der Waals surface area contributed by atoms with Crippen molar-refractivity contribution in [1.82, 2.24) is 9.97 Å². The predicted octanol–water partition coefficient (Wildman–Crippen LogP) is 4.64. The standard InChI is InChI=1S/C24H25FN4O/c1-5-29(22-10-6-9-20(25)15(22)2)24(30)16(3)23(26)19-11-12-21(28-17(19)4)18-8-7-13-27-14-18/h6-14H,5,26H2,1-4H3/b23-16-. The molecule has 154 valence electrons. The van der Waals surface area contributed by atoms with Crippen LogP contribution < -0.4 is 10.6 Å². The van der Waals surface area contributed by atoms with E-state index in [2.05, 4.69) is 9.97 Å². The van der Waals surface area contributed by atoms with Gasteiger partial charge in [0.25, 0.3) is 5.91 Å². The summed E-state index contributed by atoms with van der Waals surface area (Å²) in [5.74, 6) is -0.612. The van der Waals surface area contributed by atoms with E-state index in [1.54, 1.807) is 38.4 Å². The maximum Gasteiger partial charge on any atom is 0.256 e. The lowest BCUT2D eigenvalue weighted by molar-refractivity contribution is -0.115. The summed E-state index contributed by atoms with van der Waals surface area (Å²) in [6.45, 7) is 7.44. The van der Waals surface area contributed by atoms with Gasteiger partial charge in [0.15, 0.2) is 0 Å². The highest BCUT2D eigenvalue weighted by molar-refractivity contribution is 6.10. The van der Waals surface area contributed by atoms with Gasteiger partial charge in [0.2, 0.25) is 0 Å². The molecule has 6 heteroatoms. The molecule has 3 rings (SSSR count). The Morgan fingerprint density at radius 1 is 1.13 bits per heavy atom. The van der Waals surface area contributed by atoms with Crippen molar-refractivity contribution in [3.05, 3.63) is 83.1 Å². The van der Waals surface area contributed by atoms with E-state index in [4.69, 9.17) is 5.73 Å². The van der Waals surface area contributed by atoms with Gasteiger partial charge in [-0.25, -0.2) is 4.39 Å². The number of hydrogen-bond acceptors (Lipinski definition) is 4. The fourth-order valence-corrected chi connectivity index (χ4v) is 3.35. The van der Waals surface area contributed by atoms with E-state index in [-0.39, 0.29) is 11.7 Å². The minimum absolute atomic E-state index is 0.264. The van der Waals surface area contributed by atoms with E-state index in [9.17, 15) is 9.18 Å². The summed E-state index contributed by atoms with van der Waals surface area (Å²) in [5.41, 5.74) is 11.2. The van der Waals surface area contributed by atoms with Crippen LogP contribution in [0.15, 0.2) is 60.4 Å². The molecule has 2 N–H and O–H groups in total. The molecule has 1 aromatic carbocycles. The van der Waals surface area contributed by atoms with Gasteiger partial charge in [-0.3, -0.25) is 14.8 Å². The number of carbonyl (C=O) groups excluding carboxylic acids is 1. The molecule has 2 aromatic heterocycles. The summed E-state index contributed by atoms with van der Waals surface area (Å²) in [6.07, 6.45) is 3.45. The Balaban J connectivity index is 1.97. The van der Waals surface area contributed by atoms with Crippen LogP contribution in [0.5, 0.6) is 0 Å². The van der Waals surface area contributed by atoms with Crippen molar-refractivity contribution >= 4 is 17.3 Å². The van der Waals surface area contributed by atoms with Crippen LogP contribution in [0.3, 0.4) is 0 Å². The first-order valence-corrected chi connectivity index (χ1v) is 9.76. The van der Waals surface area contributed by atoms with Gasteiger partial charge in [0, 0.05) is 58.3 Å². The molecular formula is C24H25FN4O. The van der Waals surface area contributed by atoms with Gasteiger partial charge in [0.1, 0.15) is 5.82 Å². The average molecular weight is 404 g/mol. The third kappa shape index (κ3) is 4.08. The first kappa shape index (κ1) is 21.2. The molecule has 1 amide bonds. The molecule has 5 nitrogen and oxygen atoms in total. The van der Waals surface area contributed by atoms with E-state index in [1.807, 2.05) is 38.1 Å². The summed E-state index contributed by atoms with van der Waals surface area (Å²) in [7, 11) is 0. The lowest BCUT2D eigenvalue weighted by atomic mass is 10.0. The lowest BCUT2D eigenvalue weighted by Crippen LogP contribution is -2.33. The van der Waals surface area contributed by atoms with Crippen molar-refractivity contribution in [2.75, 3.05) is 11.4 Å². The molecule has 0 aliphatic carbocycles. The molecule has 30 heavy (non-hydrogen) atoms. The van der Waals surface area contributed by atoms with Crippen LogP contribution in [0.25, 0.3) is 17.0 Å². The molecule has 0 radical (unpaired) electrons. The molecular weight excluding hydrogens is 379 g/mol. The highest BCUT2D eigenvalue weighted by Gasteiger charge is 2.21. The second-order valence-corrected chi connectivity index (χ2v) is 7.04. The monoisotopic (exact) mass is 404 g/mol. The van der Waals surface area contributed by atoms with E-state index < -0.39 is 0 Å². The zero-order chi connectivity index (χ0) is 21.8. The molecule has 0 spiro atoms. The maximum absolute atomic E-state index is 14.0. The summed E-state index contributed by atoms with van der Waals surface area (Å²) < 4.78 is 14.0. The van der Waals surface area contributed by atoms with Crippen LogP contribution in [0.1, 0.15) is 30.7 Å². The minimum atomic E-state index is -0.348. The van der Waals surface area contributed by atoms with Crippen LogP contribution >= 0.6 is 0 Å². The van der Waals surface area contributed by atoms with Crippen LogP contribution in [0, 0.1) is 19.7 Å². The van der Waals surface area contributed by atoms with Gasteiger partial charge >= 0.3 is 0 Å². The Hall–Kier alpha value is -3.54. The normalized spacial score (nSPS) is 11.8. The third-order valence-electron chi connectivity index (χ3n) is 5.15. The molecule has 0 bridgehead atoms. The van der Waals surface area contributed by atoms with Crippen molar-refractivity contribution in [3.8, 4) is 11.3 Å². The fraction of sp³-hybridized carbons (Fsp3) is 0.208. The van der Waals surface area contributed by atoms with Crippen molar-refractivity contribution in [2.24, 2.45) is 5.73 Å². The second-order valence-electron chi connectivity index (χ2n) is 7.04. The van der Waals surface area contributed by atoms with E-state index in [0.29, 0.717) is 40.3 Å². The number of hydrogen-bond donors (Lipinski definition) is 1. The third-order valence-corrected chi connectivity index (χ3v) is 5.15. The Labute approximate surface area is 176 Å².